The Kier molecular flexibility index (Phi) is 35.1. The van der Waals surface area contributed by atoms with Gasteiger partial charge in [-0.2, -0.15) is 21.0 Å². The summed E-state index contributed by atoms with van der Waals surface area (Å²) in [5.41, 5.74) is 9.38. The lowest BCUT2D eigenvalue weighted by Crippen LogP contribution is -2.37. The maximum Gasteiger partial charge on any atom is 0.343 e. The fourth-order valence-corrected chi connectivity index (χ4v) is 14.9. The summed E-state index contributed by atoms with van der Waals surface area (Å²) in [6, 6.07) is 69.2. The van der Waals surface area contributed by atoms with E-state index in [1.807, 2.05) is 107 Å². The number of hydrogen-bond donors (Lipinski definition) is 4. The molecule has 0 radical (unpaired) electrons. The number of aromatic hydroxyl groups is 3. The van der Waals surface area contributed by atoms with Crippen molar-refractivity contribution in [3.63, 3.8) is 0 Å². The maximum atomic E-state index is 14.1. The zero-order chi connectivity index (χ0) is 86.5. The highest BCUT2D eigenvalue weighted by molar-refractivity contribution is 6.27. The smallest absolute Gasteiger partial charge is 0.343 e. The summed E-state index contributed by atoms with van der Waals surface area (Å²) in [5, 5.41) is 75.1. The highest BCUT2D eigenvalue weighted by atomic mass is 16.6. The van der Waals surface area contributed by atoms with E-state index in [0.717, 1.165) is 57.7 Å². The van der Waals surface area contributed by atoms with Gasteiger partial charge in [0.15, 0.2) is 6.61 Å². The number of anilines is 2. The van der Waals surface area contributed by atoms with Crippen molar-refractivity contribution in [2.24, 2.45) is 52.8 Å². The first-order valence-corrected chi connectivity index (χ1v) is 40.0. The molecule has 2 aliphatic heterocycles. The average Bonchev–Trinajstić information content (AvgIpc) is 1.58. The third kappa shape index (κ3) is 26.0. The molecular formula is C97H110N6O15. The van der Waals surface area contributed by atoms with E-state index in [4.69, 9.17) is 19.3 Å². The van der Waals surface area contributed by atoms with Crippen LogP contribution in [0.5, 0.6) is 28.7 Å². The Morgan fingerprint density at radius 2 is 0.881 bits per heavy atom. The van der Waals surface area contributed by atoms with Crippen molar-refractivity contribution in [1.29, 1.82) is 21.0 Å². The molecule has 0 aromatic heterocycles. The number of phenolic OH excluding ortho intramolecular Hbond substituents is 3. The molecule has 14 unspecified atom stereocenters. The van der Waals surface area contributed by atoms with Crippen LogP contribution in [-0.2, 0) is 43.0 Å². The van der Waals surface area contributed by atoms with Gasteiger partial charge < -0.3 is 39.4 Å². The van der Waals surface area contributed by atoms with Crippen LogP contribution < -0.4 is 19.3 Å². The number of hydrogen-bond acceptors (Lipinski definition) is 19. The van der Waals surface area contributed by atoms with Crippen molar-refractivity contribution in [3.8, 4) is 53.0 Å². The number of aliphatic hydroxyl groups is 1. The number of nitriles is 4. The van der Waals surface area contributed by atoms with Gasteiger partial charge in [-0.05, 0) is 240 Å². The molecule has 118 heavy (non-hydrogen) atoms. The highest BCUT2D eigenvalue weighted by Crippen LogP contribution is 2.48. The third-order valence-electron chi connectivity index (χ3n) is 22.4. The fraction of sp³-hybridized carbons (Fsp3) is 0.392. The number of carbonyl (C=O) groups excluding carboxylic acids is 7. The Balaban J connectivity index is 0.000000225. The molecule has 4 N–H and O–H groups in total. The van der Waals surface area contributed by atoms with Gasteiger partial charge in [-0.3, -0.25) is 38.6 Å². The fourth-order valence-electron chi connectivity index (χ4n) is 14.9. The van der Waals surface area contributed by atoms with Gasteiger partial charge in [0, 0.05) is 12.8 Å². The SMILES string of the molecule is CC(=O)Oc1ccc(N2C(=O)C(CC(C)c3ccccc3)C(C3C(=O)N(c4ccc(O)cc4)C(=O)C3C)C2=O)cc1.COC(=O)COc1ccc(C(C)CC(CC(C#N)C(C)C#N)c2ccc(O)cc2)cc1.Cc1ccc(C(C)CC(CC(C#N)C(C)C#N)c2ccc(O)cc2)cc1.Cc1ccc(C(C)CCC(C)(C)C(=O)OCCO)cc1. The first kappa shape index (κ1) is 92.7. The van der Waals surface area contributed by atoms with Crippen LogP contribution in [0.2, 0.25) is 0 Å². The second-order valence-electron chi connectivity index (χ2n) is 31.7. The van der Waals surface area contributed by atoms with E-state index < -0.39 is 64.7 Å². The predicted molar refractivity (Wildman–Crippen MR) is 450 cm³/mol. The molecule has 21 nitrogen and oxygen atoms in total. The lowest BCUT2D eigenvalue weighted by Gasteiger charge is -2.25. The zero-order valence-corrected chi connectivity index (χ0v) is 69.7. The number of phenols is 3. The second-order valence-corrected chi connectivity index (χ2v) is 31.7. The maximum absolute atomic E-state index is 14.1. The van der Waals surface area contributed by atoms with Crippen molar-refractivity contribution < 1.29 is 72.9 Å². The number of benzene rings is 8. The highest BCUT2D eigenvalue weighted by Gasteiger charge is 2.60. The summed E-state index contributed by atoms with van der Waals surface area (Å²) in [4.78, 5) is 91.8. The third-order valence-corrected chi connectivity index (χ3v) is 22.4. The molecule has 0 bridgehead atoms. The summed E-state index contributed by atoms with van der Waals surface area (Å²) in [6.45, 7) is 22.7. The quantitative estimate of drug-likeness (QED) is 0.0178. The monoisotopic (exact) mass is 1600 g/mol. The van der Waals surface area contributed by atoms with Crippen LogP contribution >= 0.6 is 0 Å². The van der Waals surface area contributed by atoms with E-state index in [2.05, 4.69) is 112 Å². The van der Waals surface area contributed by atoms with Crippen molar-refractivity contribution in [3.05, 3.63) is 245 Å². The number of methoxy groups -OCH3 is 1. The van der Waals surface area contributed by atoms with E-state index >= 15 is 0 Å². The Morgan fingerprint density at radius 1 is 0.483 bits per heavy atom. The number of aliphatic hydroxyl groups excluding tert-OH is 1. The second kappa shape index (κ2) is 44.6. The lowest BCUT2D eigenvalue weighted by molar-refractivity contribution is -0.155. The van der Waals surface area contributed by atoms with E-state index in [1.165, 1.54) is 84.8 Å². The van der Waals surface area contributed by atoms with Crippen molar-refractivity contribution in [2.75, 3.05) is 36.7 Å². The van der Waals surface area contributed by atoms with Gasteiger partial charge >= 0.3 is 17.9 Å². The summed E-state index contributed by atoms with van der Waals surface area (Å²) in [6.07, 6.45) is 4.89. The van der Waals surface area contributed by atoms with Crippen molar-refractivity contribution in [2.45, 2.75) is 164 Å². The number of amides is 4. The topological polar surface area (TPSA) is 339 Å². The first-order valence-electron chi connectivity index (χ1n) is 40.0. The number of rotatable bonds is 31. The number of carbonyl (C=O) groups is 7. The molecule has 2 heterocycles. The van der Waals surface area contributed by atoms with Crippen LogP contribution in [0, 0.1) is 112 Å². The lowest BCUT2D eigenvalue weighted by atomic mass is 9.74. The number of imide groups is 2. The van der Waals surface area contributed by atoms with Crippen LogP contribution in [0.1, 0.15) is 194 Å². The molecular weight excluding hydrogens is 1490 g/mol. The van der Waals surface area contributed by atoms with Gasteiger partial charge in [0.05, 0.1) is 96.2 Å². The van der Waals surface area contributed by atoms with Gasteiger partial charge in [0.2, 0.25) is 23.6 Å². The molecule has 2 fully saturated rings. The molecule has 10 rings (SSSR count). The predicted octanol–water partition coefficient (Wildman–Crippen LogP) is 18.5. The molecule has 8 aromatic rings. The van der Waals surface area contributed by atoms with Gasteiger partial charge in [0.25, 0.3) is 0 Å². The minimum Gasteiger partial charge on any atom is -0.508 e. The van der Waals surface area contributed by atoms with Crippen molar-refractivity contribution >= 4 is 52.9 Å². The van der Waals surface area contributed by atoms with E-state index in [-0.39, 0.29) is 108 Å². The van der Waals surface area contributed by atoms with Crippen LogP contribution in [-0.4, -0.2) is 88.9 Å². The number of aryl methyl sites for hydroxylation is 2. The first-order chi connectivity index (χ1) is 56.3. The molecule has 0 saturated carbocycles. The Morgan fingerprint density at radius 3 is 1.31 bits per heavy atom. The standard InChI is InChI=1S/C32H30N2O7.C25H28N2O4.C23H26N2O.C17H26O3/c1-18(21-7-5-4-6-8-21)17-26-28(27-19(2)29(37)33(31(27)39)22-9-13-24(36)14-10-22)32(40)34(30(26)38)23-11-15-25(16-12-23)41-20(3)35;1-17(19-6-10-24(11-7-19)31-16-25(29)30-3)12-21(13-22(15-27)18(2)14-26)20-4-8-23(28)9-5-20;1-16-4-6-19(7-5-16)17(2)12-21(13-22(15-25)18(3)14-24)20-8-10-23(26)11-9-20;1-13-5-7-15(8-6-13)14(2)9-10-17(3,4)16(19)20-12-11-18/h4-16,18-19,26-28,36H,17H2,1-3H3;4-11,17-18,21-22,28H,12-13,16H2,1-3H3;4-11,17-18,21-22,26H,12-13H2,1-3H3;5-8,14,18H,9-12H2,1-4H3. The van der Waals surface area contributed by atoms with Gasteiger partial charge in [0.1, 0.15) is 35.4 Å². The van der Waals surface area contributed by atoms with Gasteiger partial charge in [-0.15, -0.1) is 0 Å². The largest absolute Gasteiger partial charge is 0.508 e. The average molecular weight is 1600 g/mol. The van der Waals surface area contributed by atoms with Crippen LogP contribution in [0.4, 0.5) is 11.4 Å². The van der Waals surface area contributed by atoms with Gasteiger partial charge in [-0.1, -0.05) is 161 Å². The summed E-state index contributed by atoms with van der Waals surface area (Å²) in [7, 11) is 1.31. The molecule has 0 aliphatic carbocycles. The van der Waals surface area contributed by atoms with Crippen LogP contribution in [0.25, 0.3) is 0 Å². The van der Waals surface area contributed by atoms with Crippen LogP contribution in [0.15, 0.2) is 200 Å². The molecule has 21 heteroatoms. The minimum absolute atomic E-state index is 0.0145. The summed E-state index contributed by atoms with van der Waals surface area (Å²) in [5.74, 6) is -6.00. The number of esters is 3. The normalized spacial score (nSPS) is 17.4. The van der Waals surface area contributed by atoms with E-state index in [1.54, 1.807) is 38.1 Å². The molecule has 618 valence electrons. The van der Waals surface area contributed by atoms with E-state index in [0.29, 0.717) is 36.8 Å². The van der Waals surface area contributed by atoms with E-state index in [9.17, 15) is 69.9 Å². The Bertz CT molecular complexity index is 4800. The summed E-state index contributed by atoms with van der Waals surface area (Å²) >= 11 is 0. The molecule has 8 aromatic carbocycles. The molecule has 14 atom stereocenters. The summed E-state index contributed by atoms with van der Waals surface area (Å²) < 4.78 is 20.1. The minimum atomic E-state index is -1.06. The Labute approximate surface area is 694 Å². The van der Waals surface area contributed by atoms with Crippen LogP contribution in [0.3, 0.4) is 0 Å². The number of ether oxygens (including phenoxy) is 4. The zero-order valence-electron chi connectivity index (χ0n) is 69.7. The molecule has 2 saturated heterocycles. The molecule has 4 amide bonds. The van der Waals surface area contributed by atoms with Crippen molar-refractivity contribution in [1.82, 2.24) is 0 Å². The number of nitrogens with zero attached hydrogens (tertiary/aromatic N) is 6. The van der Waals surface area contributed by atoms with Gasteiger partial charge in [-0.25, -0.2) is 4.79 Å². The molecule has 0 spiro atoms. The molecule has 2 aliphatic rings. The Hall–Kier alpha value is -12.4.